The van der Waals surface area contributed by atoms with E-state index in [1.54, 1.807) is 6.33 Å². The zero-order chi connectivity index (χ0) is 13.7. The van der Waals surface area contributed by atoms with E-state index in [-0.39, 0.29) is 0 Å². The van der Waals surface area contributed by atoms with E-state index >= 15 is 0 Å². The average Bonchev–Trinajstić information content (AvgIpc) is 2.86. The van der Waals surface area contributed by atoms with Crippen molar-refractivity contribution in [1.82, 2.24) is 14.8 Å². The van der Waals surface area contributed by atoms with Crippen LogP contribution in [-0.4, -0.2) is 21.4 Å². The van der Waals surface area contributed by atoms with Gasteiger partial charge in [0.2, 0.25) is 0 Å². The van der Waals surface area contributed by atoms with Gasteiger partial charge in [0.1, 0.15) is 17.9 Å². The van der Waals surface area contributed by atoms with Gasteiger partial charge in [0.15, 0.2) is 0 Å². The quantitative estimate of drug-likeness (QED) is 0.867. The average molecular weight is 260 g/mol. The van der Waals surface area contributed by atoms with E-state index in [1.807, 2.05) is 35.9 Å². The lowest BCUT2D eigenvalue weighted by atomic mass is 10.3. The molecular formula is C14H20N4O. The van der Waals surface area contributed by atoms with Crippen molar-refractivity contribution in [3.8, 4) is 5.75 Å². The van der Waals surface area contributed by atoms with Crippen molar-refractivity contribution in [1.29, 1.82) is 0 Å². The second-order valence-corrected chi connectivity index (χ2v) is 4.50. The summed E-state index contributed by atoms with van der Waals surface area (Å²) in [6.45, 7) is 7.44. The number of anilines is 1. The minimum absolute atomic E-state index is 0.307. The second-order valence-electron chi connectivity index (χ2n) is 4.50. The molecule has 0 aliphatic heterocycles. The molecule has 0 saturated carbocycles. The molecule has 0 spiro atoms. The minimum atomic E-state index is 0.307. The maximum atomic E-state index is 5.58. The molecule has 0 aliphatic rings. The third kappa shape index (κ3) is 3.24. The highest BCUT2D eigenvalue weighted by molar-refractivity contribution is 5.56. The largest absolute Gasteiger partial charge is 0.492 e. The molecule has 2 rings (SSSR count). The van der Waals surface area contributed by atoms with Gasteiger partial charge in [0.05, 0.1) is 18.8 Å². The number of benzene rings is 1. The summed E-state index contributed by atoms with van der Waals surface area (Å²) in [5.74, 6) is 1.78. The molecule has 1 aromatic heterocycles. The molecule has 19 heavy (non-hydrogen) atoms. The molecule has 5 nitrogen and oxygen atoms in total. The van der Waals surface area contributed by atoms with Crippen LogP contribution < -0.4 is 10.1 Å². The standard InChI is InChI=1S/C14H20N4O/c1-4-19-13-8-6-5-7-12(13)15-9-14-16-10-17-18(14)11(2)3/h5-8,10-11,15H,4,9H2,1-3H3. The fourth-order valence-corrected chi connectivity index (χ4v) is 1.90. The van der Waals surface area contributed by atoms with Crippen molar-refractivity contribution in [2.24, 2.45) is 0 Å². The van der Waals surface area contributed by atoms with E-state index < -0.39 is 0 Å². The Morgan fingerprint density at radius 3 is 2.84 bits per heavy atom. The number of aromatic nitrogens is 3. The first-order valence-corrected chi connectivity index (χ1v) is 6.56. The van der Waals surface area contributed by atoms with Gasteiger partial charge in [-0.25, -0.2) is 9.67 Å². The monoisotopic (exact) mass is 260 g/mol. The van der Waals surface area contributed by atoms with Gasteiger partial charge in [0, 0.05) is 6.04 Å². The summed E-state index contributed by atoms with van der Waals surface area (Å²) in [5.41, 5.74) is 0.975. The lowest BCUT2D eigenvalue weighted by molar-refractivity contribution is 0.341. The Morgan fingerprint density at radius 2 is 2.11 bits per heavy atom. The molecule has 0 amide bonds. The van der Waals surface area contributed by atoms with Gasteiger partial charge in [-0.3, -0.25) is 0 Å². The maximum absolute atomic E-state index is 5.58. The summed E-state index contributed by atoms with van der Waals surface area (Å²) in [6, 6.07) is 8.21. The molecule has 0 aliphatic carbocycles. The number of nitrogens with one attached hydrogen (secondary N) is 1. The lowest BCUT2D eigenvalue weighted by Crippen LogP contribution is -2.12. The molecule has 0 saturated heterocycles. The second kappa shape index (κ2) is 6.22. The van der Waals surface area contributed by atoms with Gasteiger partial charge in [0.25, 0.3) is 0 Å². The molecule has 2 aromatic rings. The summed E-state index contributed by atoms with van der Waals surface area (Å²) in [7, 11) is 0. The minimum Gasteiger partial charge on any atom is -0.492 e. The predicted octanol–water partition coefficient (Wildman–Crippen LogP) is 2.87. The molecule has 0 fully saturated rings. The summed E-state index contributed by atoms with van der Waals surface area (Å²) >= 11 is 0. The van der Waals surface area contributed by atoms with Crippen LogP contribution in [0.15, 0.2) is 30.6 Å². The van der Waals surface area contributed by atoms with E-state index in [9.17, 15) is 0 Å². The van der Waals surface area contributed by atoms with Crippen LogP contribution in [0.4, 0.5) is 5.69 Å². The van der Waals surface area contributed by atoms with Crippen LogP contribution in [0, 0.1) is 0 Å². The number of nitrogens with zero attached hydrogens (tertiary/aromatic N) is 3. The third-order valence-corrected chi connectivity index (χ3v) is 2.76. The molecule has 0 bridgehead atoms. The molecule has 0 atom stereocenters. The van der Waals surface area contributed by atoms with Gasteiger partial charge in [-0.15, -0.1) is 0 Å². The Hall–Kier alpha value is -2.04. The number of hydrogen-bond donors (Lipinski definition) is 1. The van der Waals surface area contributed by atoms with Crippen LogP contribution >= 0.6 is 0 Å². The van der Waals surface area contributed by atoms with Crippen molar-refractivity contribution in [2.45, 2.75) is 33.4 Å². The topological polar surface area (TPSA) is 52.0 Å². The zero-order valence-electron chi connectivity index (χ0n) is 11.6. The molecule has 0 unspecified atom stereocenters. The highest BCUT2D eigenvalue weighted by atomic mass is 16.5. The molecule has 0 radical (unpaired) electrons. The summed E-state index contributed by atoms with van der Waals surface area (Å²) in [5, 5.41) is 7.57. The van der Waals surface area contributed by atoms with E-state index in [2.05, 4.69) is 29.2 Å². The highest BCUT2D eigenvalue weighted by Crippen LogP contribution is 2.24. The SMILES string of the molecule is CCOc1ccccc1NCc1ncnn1C(C)C. The smallest absolute Gasteiger partial charge is 0.146 e. The number of rotatable bonds is 6. The molecule has 1 aromatic carbocycles. The third-order valence-electron chi connectivity index (χ3n) is 2.76. The van der Waals surface area contributed by atoms with Crippen LogP contribution in [0.3, 0.4) is 0 Å². The van der Waals surface area contributed by atoms with Crippen molar-refractivity contribution < 1.29 is 4.74 Å². The van der Waals surface area contributed by atoms with Crippen LogP contribution in [0.1, 0.15) is 32.6 Å². The lowest BCUT2D eigenvalue weighted by Gasteiger charge is -2.13. The molecule has 102 valence electrons. The Bertz CT molecular complexity index is 522. The Balaban J connectivity index is 2.08. The van der Waals surface area contributed by atoms with Gasteiger partial charge in [-0.05, 0) is 32.9 Å². The van der Waals surface area contributed by atoms with E-state index in [0.29, 0.717) is 19.2 Å². The van der Waals surface area contributed by atoms with E-state index in [0.717, 1.165) is 17.3 Å². The summed E-state index contributed by atoms with van der Waals surface area (Å²) in [4.78, 5) is 4.28. The molecule has 1 heterocycles. The fourth-order valence-electron chi connectivity index (χ4n) is 1.90. The normalized spacial score (nSPS) is 10.7. The zero-order valence-corrected chi connectivity index (χ0v) is 11.6. The fraction of sp³-hybridized carbons (Fsp3) is 0.429. The summed E-state index contributed by atoms with van der Waals surface area (Å²) in [6.07, 6.45) is 1.59. The van der Waals surface area contributed by atoms with E-state index in [4.69, 9.17) is 4.74 Å². The van der Waals surface area contributed by atoms with Crippen LogP contribution in [0.5, 0.6) is 5.75 Å². The van der Waals surface area contributed by atoms with Gasteiger partial charge in [-0.2, -0.15) is 5.10 Å². The van der Waals surface area contributed by atoms with Crippen molar-refractivity contribution in [2.75, 3.05) is 11.9 Å². The van der Waals surface area contributed by atoms with Crippen LogP contribution in [0.2, 0.25) is 0 Å². The first kappa shape index (κ1) is 13.4. The Morgan fingerprint density at radius 1 is 1.32 bits per heavy atom. The molecular weight excluding hydrogens is 240 g/mol. The first-order valence-electron chi connectivity index (χ1n) is 6.56. The Labute approximate surface area is 113 Å². The molecule has 1 N–H and O–H groups in total. The Kier molecular flexibility index (Phi) is 4.39. The van der Waals surface area contributed by atoms with Gasteiger partial charge < -0.3 is 10.1 Å². The van der Waals surface area contributed by atoms with Crippen LogP contribution in [-0.2, 0) is 6.54 Å². The number of para-hydroxylation sites is 2. The predicted molar refractivity (Wildman–Crippen MR) is 75.3 cm³/mol. The maximum Gasteiger partial charge on any atom is 0.146 e. The highest BCUT2D eigenvalue weighted by Gasteiger charge is 2.08. The molecule has 5 heteroatoms. The first-order chi connectivity index (χ1) is 9.22. The summed E-state index contributed by atoms with van der Waals surface area (Å²) < 4.78 is 7.49. The van der Waals surface area contributed by atoms with Crippen molar-refractivity contribution in [3.63, 3.8) is 0 Å². The van der Waals surface area contributed by atoms with Crippen molar-refractivity contribution >= 4 is 5.69 Å². The van der Waals surface area contributed by atoms with E-state index in [1.165, 1.54) is 0 Å². The number of hydrogen-bond acceptors (Lipinski definition) is 4. The van der Waals surface area contributed by atoms with Crippen molar-refractivity contribution in [3.05, 3.63) is 36.4 Å². The van der Waals surface area contributed by atoms with Gasteiger partial charge >= 0.3 is 0 Å². The van der Waals surface area contributed by atoms with Gasteiger partial charge in [-0.1, -0.05) is 12.1 Å². The number of ether oxygens (including phenoxy) is 1. The van der Waals surface area contributed by atoms with Crippen LogP contribution in [0.25, 0.3) is 0 Å².